The number of rotatable bonds is 1. The van der Waals surface area contributed by atoms with E-state index in [0.29, 0.717) is 5.41 Å². The molecule has 0 atom stereocenters. The molecule has 0 radical (unpaired) electrons. The van der Waals surface area contributed by atoms with Gasteiger partial charge in [-0.25, -0.2) is 0 Å². The maximum Gasteiger partial charge on any atom is 0.0178 e. The van der Waals surface area contributed by atoms with Crippen LogP contribution in [0.15, 0.2) is 40.9 Å². The molecule has 0 aliphatic heterocycles. The van der Waals surface area contributed by atoms with Gasteiger partial charge in [-0.05, 0) is 102 Å². The maximum atomic E-state index is 3.68. The third-order valence-electron chi connectivity index (χ3n) is 8.29. The number of hydrogen-bond donors (Lipinski definition) is 0. The van der Waals surface area contributed by atoms with Crippen molar-refractivity contribution in [3.8, 4) is 11.1 Å². The van der Waals surface area contributed by atoms with E-state index in [4.69, 9.17) is 0 Å². The summed E-state index contributed by atoms with van der Waals surface area (Å²) in [6.45, 7) is 4.82. The zero-order valence-electron chi connectivity index (χ0n) is 15.8. The first-order valence-electron chi connectivity index (χ1n) is 10.4. The Hall–Kier alpha value is -1.08. The van der Waals surface area contributed by atoms with Crippen molar-refractivity contribution in [3.05, 3.63) is 57.6 Å². The van der Waals surface area contributed by atoms with E-state index >= 15 is 0 Å². The van der Waals surface area contributed by atoms with Crippen LogP contribution < -0.4 is 0 Å². The molecule has 5 aliphatic rings. The van der Waals surface area contributed by atoms with Gasteiger partial charge in [-0.2, -0.15) is 0 Å². The molecule has 0 amide bonds. The summed E-state index contributed by atoms with van der Waals surface area (Å²) in [6.07, 6.45) is 8.93. The van der Waals surface area contributed by atoms with Crippen molar-refractivity contribution in [2.45, 2.75) is 63.2 Å². The van der Waals surface area contributed by atoms with E-state index < -0.39 is 0 Å². The van der Waals surface area contributed by atoms with Crippen molar-refractivity contribution in [2.24, 2.45) is 17.8 Å². The van der Waals surface area contributed by atoms with Gasteiger partial charge in [0.25, 0.3) is 0 Å². The Morgan fingerprint density at radius 3 is 1.92 bits per heavy atom. The molecule has 4 bridgehead atoms. The Balaban J connectivity index is 1.49. The van der Waals surface area contributed by atoms with Gasteiger partial charge < -0.3 is 0 Å². The number of hydrogen-bond acceptors (Lipinski definition) is 0. The molecule has 2 aromatic carbocycles. The fourth-order valence-electron chi connectivity index (χ4n) is 7.50. The van der Waals surface area contributed by atoms with Crippen LogP contribution in [0.5, 0.6) is 0 Å². The molecular formula is C25H27Br. The van der Waals surface area contributed by atoms with E-state index in [1.165, 1.54) is 59.7 Å². The van der Waals surface area contributed by atoms with Crippen molar-refractivity contribution < 1.29 is 0 Å². The zero-order valence-corrected chi connectivity index (χ0v) is 17.4. The van der Waals surface area contributed by atoms with E-state index in [2.05, 4.69) is 66.2 Å². The lowest BCUT2D eigenvalue weighted by Gasteiger charge is -2.57. The topological polar surface area (TPSA) is 0 Å². The van der Waals surface area contributed by atoms with Crippen LogP contribution >= 0.6 is 15.9 Å². The fraction of sp³-hybridized carbons (Fsp3) is 0.520. The summed E-state index contributed by atoms with van der Waals surface area (Å²) in [5.74, 6) is 3.03. The highest BCUT2D eigenvalue weighted by Crippen LogP contribution is 2.61. The lowest BCUT2D eigenvalue weighted by Crippen LogP contribution is -2.48. The molecule has 0 nitrogen and oxygen atoms in total. The average molecular weight is 407 g/mol. The van der Waals surface area contributed by atoms with Gasteiger partial charge >= 0.3 is 0 Å². The van der Waals surface area contributed by atoms with Crippen LogP contribution in [0.3, 0.4) is 0 Å². The van der Waals surface area contributed by atoms with Gasteiger partial charge in [0, 0.05) is 9.89 Å². The lowest BCUT2D eigenvalue weighted by molar-refractivity contribution is -0.00522. The van der Waals surface area contributed by atoms with Crippen molar-refractivity contribution in [1.29, 1.82) is 0 Å². The Morgan fingerprint density at radius 1 is 0.769 bits per heavy atom. The second-order valence-electron chi connectivity index (χ2n) is 10.3. The highest BCUT2D eigenvalue weighted by molar-refractivity contribution is 9.10. The van der Waals surface area contributed by atoms with Gasteiger partial charge in [0.1, 0.15) is 0 Å². The average Bonchev–Trinajstić information content (AvgIpc) is 2.81. The van der Waals surface area contributed by atoms with E-state index in [1.807, 2.05) is 0 Å². The summed E-state index contributed by atoms with van der Waals surface area (Å²) in [6, 6.07) is 14.4. The molecule has 0 saturated heterocycles. The molecule has 1 heteroatoms. The van der Waals surface area contributed by atoms with Crippen LogP contribution in [-0.4, -0.2) is 0 Å². The molecule has 2 aromatic rings. The van der Waals surface area contributed by atoms with E-state index in [9.17, 15) is 0 Å². The van der Waals surface area contributed by atoms with Gasteiger partial charge in [-0.3, -0.25) is 0 Å². The Labute approximate surface area is 165 Å². The van der Waals surface area contributed by atoms with Crippen LogP contribution in [-0.2, 0) is 10.8 Å². The van der Waals surface area contributed by atoms with Crippen molar-refractivity contribution in [3.63, 3.8) is 0 Å². The smallest absolute Gasteiger partial charge is 0.0178 e. The molecule has 0 N–H and O–H groups in total. The monoisotopic (exact) mass is 406 g/mol. The second-order valence-corrected chi connectivity index (χ2v) is 11.2. The van der Waals surface area contributed by atoms with Crippen molar-refractivity contribution in [1.82, 2.24) is 0 Å². The second kappa shape index (κ2) is 5.04. The van der Waals surface area contributed by atoms with Crippen molar-refractivity contribution in [2.75, 3.05) is 0 Å². The summed E-state index contributed by atoms with van der Waals surface area (Å²) in [4.78, 5) is 0. The predicted molar refractivity (Wildman–Crippen MR) is 112 cm³/mol. The van der Waals surface area contributed by atoms with Gasteiger partial charge in [0.15, 0.2) is 0 Å². The quantitative estimate of drug-likeness (QED) is 0.468. The molecule has 0 aromatic heterocycles. The number of benzene rings is 2. The third-order valence-corrected chi connectivity index (χ3v) is 8.78. The molecule has 4 fully saturated rings. The largest absolute Gasteiger partial charge is 0.0578 e. The highest BCUT2D eigenvalue weighted by Gasteiger charge is 2.52. The van der Waals surface area contributed by atoms with Crippen LogP contribution in [0.2, 0.25) is 0 Å². The first kappa shape index (κ1) is 15.9. The normalized spacial score (nSPS) is 35.4. The Bertz CT molecular complexity index is 884. The molecule has 0 unspecified atom stereocenters. The minimum absolute atomic E-state index is 0.104. The predicted octanol–water partition coefficient (Wildman–Crippen LogP) is 7.22. The van der Waals surface area contributed by atoms with Crippen LogP contribution in [0.4, 0.5) is 0 Å². The molecule has 7 rings (SSSR count). The number of halogens is 1. The summed E-state index contributed by atoms with van der Waals surface area (Å²) in [7, 11) is 0. The first-order valence-corrected chi connectivity index (χ1v) is 11.2. The summed E-state index contributed by atoms with van der Waals surface area (Å²) in [5.41, 5.74) is 8.19. The summed E-state index contributed by atoms with van der Waals surface area (Å²) in [5, 5.41) is 0. The maximum absolute atomic E-state index is 3.68. The van der Waals surface area contributed by atoms with E-state index in [1.54, 1.807) is 11.1 Å². The molecular weight excluding hydrogens is 380 g/mol. The minimum atomic E-state index is 0.104. The first-order chi connectivity index (χ1) is 12.4. The molecule has 134 valence electrons. The van der Waals surface area contributed by atoms with E-state index in [0.717, 1.165) is 17.8 Å². The molecule has 4 saturated carbocycles. The number of fused-ring (bicyclic) bond motifs is 3. The van der Waals surface area contributed by atoms with Crippen LogP contribution in [0.25, 0.3) is 11.1 Å². The minimum Gasteiger partial charge on any atom is -0.0578 e. The highest BCUT2D eigenvalue weighted by atomic mass is 79.9. The Morgan fingerprint density at radius 2 is 1.31 bits per heavy atom. The zero-order chi connectivity index (χ0) is 17.7. The van der Waals surface area contributed by atoms with Gasteiger partial charge in [0.05, 0.1) is 0 Å². The van der Waals surface area contributed by atoms with Gasteiger partial charge in [-0.1, -0.05) is 54.0 Å². The standard InChI is InChI=1S/C25H27Br/c1-24(2)22-10-18(3-5-20(22)21-6-4-19(26)11-23(21)24)25-12-15-7-16(13-25)9-17(8-15)14-25/h3-6,10-11,15-17H,7-9,12-14H2,1-2H3. The summed E-state index contributed by atoms with van der Waals surface area (Å²) < 4.78 is 1.19. The molecule has 26 heavy (non-hydrogen) atoms. The van der Waals surface area contributed by atoms with Crippen LogP contribution in [0.1, 0.15) is 69.1 Å². The Kier molecular flexibility index (Phi) is 3.09. The molecule has 5 aliphatic carbocycles. The fourth-order valence-corrected chi connectivity index (χ4v) is 7.86. The SMILES string of the molecule is CC1(C)c2cc(Br)ccc2-c2ccc(C34CC5CC(CC(C5)C3)C4)cc21. The lowest BCUT2D eigenvalue weighted by atomic mass is 9.48. The van der Waals surface area contributed by atoms with Crippen molar-refractivity contribution >= 4 is 15.9 Å². The van der Waals surface area contributed by atoms with E-state index in [-0.39, 0.29) is 5.41 Å². The summed E-state index contributed by atoms with van der Waals surface area (Å²) >= 11 is 3.68. The molecule has 0 spiro atoms. The molecule has 0 heterocycles. The third kappa shape index (κ3) is 2.02. The van der Waals surface area contributed by atoms with Crippen LogP contribution in [0, 0.1) is 17.8 Å². The van der Waals surface area contributed by atoms with Gasteiger partial charge in [0.2, 0.25) is 0 Å². The van der Waals surface area contributed by atoms with Gasteiger partial charge in [-0.15, -0.1) is 0 Å².